The van der Waals surface area contributed by atoms with Crippen LogP contribution in [0.25, 0.3) is 0 Å². The number of rotatable bonds is 3. The molecule has 1 saturated heterocycles. The van der Waals surface area contributed by atoms with Gasteiger partial charge in [-0.15, -0.1) is 0 Å². The van der Waals surface area contributed by atoms with Crippen molar-refractivity contribution in [2.45, 2.75) is 5.37 Å². The molecule has 1 unspecified atom stereocenters. The van der Waals surface area contributed by atoms with Crippen LogP contribution in [0.1, 0.15) is 10.4 Å². The molecule has 1 aromatic heterocycles. The van der Waals surface area contributed by atoms with Gasteiger partial charge in [-0.3, -0.25) is 4.79 Å². The summed E-state index contributed by atoms with van der Waals surface area (Å²) in [5.74, 6) is 1.22. The monoisotopic (exact) mass is 349 g/mol. The molecule has 1 N–H and O–H groups in total. The number of carbonyl (C=O) groups excluding carboxylic acids is 1. The molecule has 0 saturated carbocycles. The van der Waals surface area contributed by atoms with Crippen LogP contribution in [0.5, 0.6) is 0 Å². The third-order valence-corrected chi connectivity index (χ3v) is 6.10. The molecule has 2 heterocycles. The molecule has 1 amide bonds. The van der Waals surface area contributed by atoms with Crippen molar-refractivity contribution in [1.82, 2.24) is 9.88 Å². The quantitative estimate of drug-likeness (QED) is 0.887. The second-order valence-electron chi connectivity index (χ2n) is 4.66. The van der Waals surface area contributed by atoms with Crippen molar-refractivity contribution in [1.29, 1.82) is 0 Å². The number of nitrogens with one attached hydrogen (secondary N) is 1. The molecule has 21 heavy (non-hydrogen) atoms. The van der Waals surface area contributed by atoms with E-state index in [9.17, 15) is 13.2 Å². The number of carbonyl (C=O) groups is 1. The number of nitrogens with zero attached hydrogens (tertiary/aromatic N) is 2. The average Bonchev–Trinajstić information content (AvgIpc) is 2.45. The van der Waals surface area contributed by atoms with Crippen LogP contribution in [0, 0.1) is 0 Å². The van der Waals surface area contributed by atoms with Crippen molar-refractivity contribution < 1.29 is 13.2 Å². The molecule has 0 bridgehead atoms. The second kappa shape index (κ2) is 6.41. The predicted octanol–water partition coefficient (Wildman–Crippen LogP) is 1.34. The maximum absolute atomic E-state index is 12.5. The summed E-state index contributed by atoms with van der Waals surface area (Å²) in [6, 6.07) is 1.50. The van der Waals surface area contributed by atoms with Gasteiger partial charge in [-0.25, -0.2) is 13.4 Å². The number of hydrogen-bond donors (Lipinski definition) is 1. The highest BCUT2D eigenvalue weighted by molar-refractivity contribution is 8.00. The molecule has 2 rings (SSSR count). The lowest BCUT2D eigenvalue weighted by atomic mass is 10.2. The first-order chi connectivity index (χ1) is 9.84. The molecule has 1 aliphatic rings. The maximum Gasteiger partial charge on any atom is 0.256 e. The Morgan fingerprint density at radius 3 is 2.86 bits per heavy atom. The standard InChI is InChI=1S/C12H16ClN3O3S2/c1-14-11-9(13)5-8(6-15-11)12(17)16-3-4-20-7-10(16)21(2,18)19/h5-6,10H,3-4,7H2,1-2H3,(H,14,15). The van der Waals surface area contributed by atoms with Crippen LogP contribution >= 0.6 is 23.4 Å². The normalized spacial score (nSPS) is 19.4. The fraction of sp³-hybridized carbons (Fsp3) is 0.500. The number of amides is 1. The summed E-state index contributed by atoms with van der Waals surface area (Å²) < 4.78 is 23.7. The van der Waals surface area contributed by atoms with E-state index < -0.39 is 15.2 Å². The minimum Gasteiger partial charge on any atom is -0.372 e. The molecule has 6 nitrogen and oxygen atoms in total. The summed E-state index contributed by atoms with van der Waals surface area (Å²) in [6.07, 6.45) is 2.56. The van der Waals surface area contributed by atoms with Crippen molar-refractivity contribution in [3.8, 4) is 0 Å². The summed E-state index contributed by atoms with van der Waals surface area (Å²) in [5.41, 5.74) is 0.291. The molecule has 1 fully saturated rings. The zero-order chi connectivity index (χ0) is 15.6. The van der Waals surface area contributed by atoms with Gasteiger partial charge in [0, 0.05) is 37.6 Å². The fourth-order valence-corrected chi connectivity index (χ4v) is 5.15. The smallest absolute Gasteiger partial charge is 0.256 e. The third kappa shape index (κ3) is 3.61. The minimum absolute atomic E-state index is 0.291. The van der Waals surface area contributed by atoms with E-state index in [0.29, 0.717) is 34.5 Å². The van der Waals surface area contributed by atoms with Gasteiger partial charge in [-0.2, -0.15) is 11.8 Å². The molecular weight excluding hydrogens is 334 g/mol. The van der Waals surface area contributed by atoms with Crippen molar-refractivity contribution in [3.05, 3.63) is 22.8 Å². The Hall–Kier alpha value is -0.990. The minimum atomic E-state index is -3.33. The number of aromatic nitrogens is 1. The lowest BCUT2D eigenvalue weighted by Crippen LogP contribution is -2.49. The van der Waals surface area contributed by atoms with E-state index in [0.717, 1.165) is 6.26 Å². The Labute approximate surface area is 133 Å². The first-order valence-electron chi connectivity index (χ1n) is 6.25. The molecule has 0 aliphatic carbocycles. The topological polar surface area (TPSA) is 79.4 Å². The SMILES string of the molecule is CNc1ncc(C(=O)N2CCSCC2S(C)(=O)=O)cc1Cl. The Morgan fingerprint density at radius 2 is 2.29 bits per heavy atom. The number of pyridine rings is 1. The third-order valence-electron chi connectivity index (χ3n) is 3.16. The van der Waals surface area contributed by atoms with Gasteiger partial charge in [-0.05, 0) is 6.07 Å². The largest absolute Gasteiger partial charge is 0.372 e. The van der Waals surface area contributed by atoms with Crippen molar-refractivity contribution >= 4 is 44.9 Å². The van der Waals surface area contributed by atoms with Gasteiger partial charge in [-0.1, -0.05) is 11.6 Å². The van der Waals surface area contributed by atoms with Gasteiger partial charge in [0.05, 0.1) is 10.6 Å². The average molecular weight is 350 g/mol. The van der Waals surface area contributed by atoms with Gasteiger partial charge in [0.15, 0.2) is 9.84 Å². The number of halogens is 1. The molecule has 9 heteroatoms. The Balaban J connectivity index is 2.31. The van der Waals surface area contributed by atoms with Crippen molar-refractivity contribution in [3.63, 3.8) is 0 Å². The number of anilines is 1. The van der Waals surface area contributed by atoms with Crippen LogP contribution in [-0.2, 0) is 9.84 Å². The van der Waals surface area contributed by atoms with Crippen LogP contribution in [-0.4, -0.2) is 60.9 Å². The lowest BCUT2D eigenvalue weighted by molar-refractivity contribution is 0.0749. The first kappa shape index (κ1) is 16.4. The van der Waals surface area contributed by atoms with E-state index >= 15 is 0 Å². The van der Waals surface area contributed by atoms with Crippen LogP contribution in [0.2, 0.25) is 5.02 Å². The maximum atomic E-state index is 12.5. The van der Waals surface area contributed by atoms with Gasteiger partial charge >= 0.3 is 0 Å². The Kier molecular flexibility index (Phi) is 5.00. The summed E-state index contributed by atoms with van der Waals surface area (Å²) in [5, 5.41) is 2.33. The van der Waals surface area contributed by atoms with Gasteiger partial charge < -0.3 is 10.2 Å². The Morgan fingerprint density at radius 1 is 1.57 bits per heavy atom. The lowest BCUT2D eigenvalue weighted by Gasteiger charge is -2.34. The number of hydrogen-bond acceptors (Lipinski definition) is 6. The van der Waals surface area contributed by atoms with E-state index in [-0.39, 0.29) is 5.91 Å². The Bertz CT molecular complexity index is 651. The van der Waals surface area contributed by atoms with E-state index in [1.54, 1.807) is 7.05 Å². The van der Waals surface area contributed by atoms with Gasteiger partial charge in [0.25, 0.3) is 5.91 Å². The molecule has 0 aromatic carbocycles. The zero-order valence-corrected chi connectivity index (χ0v) is 14.1. The van der Waals surface area contributed by atoms with Crippen molar-refractivity contribution in [2.75, 3.05) is 36.7 Å². The fourth-order valence-electron chi connectivity index (χ4n) is 2.07. The van der Waals surface area contributed by atoms with Gasteiger partial charge in [0.2, 0.25) is 0 Å². The van der Waals surface area contributed by atoms with Crippen LogP contribution in [0.4, 0.5) is 5.82 Å². The van der Waals surface area contributed by atoms with Crippen molar-refractivity contribution in [2.24, 2.45) is 0 Å². The molecule has 1 atom stereocenters. The van der Waals surface area contributed by atoms with E-state index in [1.807, 2.05) is 0 Å². The highest BCUT2D eigenvalue weighted by Crippen LogP contribution is 2.25. The molecule has 0 spiro atoms. The summed E-state index contributed by atoms with van der Waals surface area (Å²) >= 11 is 7.55. The van der Waals surface area contributed by atoms with Gasteiger partial charge in [0.1, 0.15) is 11.2 Å². The van der Waals surface area contributed by atoms with Crippen LogP contribution in [0.15, 0.2) is 12.3 Å². The van der Waals surface area contributed by atoms with Crippen LogP contribution < -0.4 is 5.32 Å². The summed E-state index contributed by atoms with van der Waals surface area (Å²) in [6.45, 7) is 0.395. The van der Waals surface area contributed by atoms with Crippen LogP contribution in [0.3, 0.4) is 0 Å². The van der Waals surface area contributed by atoms with E-state index in [4.69, 9.17) is 11.6 Å². The highest BCUT2D eigenvalue weighted by atomic mass is 35.5. The summed E-state index contributed by atoms with van der Waals surface area (Å²) in [4.78, 5) is 18.0. The van der Waals surface area contributed by atoms with E-state index in [2.05, 4.69) is 10.3 Å². The first-order valence-corrected chi connectivity index (χ1v) is 9.74. The summed E-state index contributed by atoms with van der Waals surface area (Å²) in [7, 11) is -1.65. The second-order valence-corrected chi connectivity index (χ2v) is 8.42. The molecule has 116 valence electrons. The van der Waals surface area contributed by atoms with E-state index in [1.165, 1.54) is 28.9 Å². The highest BCUT2D eigenvalue weighted by Gasteiger charge is 2.34. The zero-order valence-electron chi connectivity index (χ0n) is 11.7. The molecule has 1 aromatic rings. The molecule has 1 aliphatic heterocycles. The molecule has 0 radical (unpaired) electrons. The molecular formula is C12H16ClN3O3S2. The number of thioether (sulfide) groups is 1. The number of sulfone groups is 1. The predicted molar refractivity (Wildman–Crippen MR) is 85.8 cm³/mol.